The van der Waals surface area contributed by atoms with Crippen molar-refractivity contribution in [2.75, 3.05) is 11.5 Å². The Morgan fingerprint density at radius 2 is 1.55 bits per heavy atom. The van der Waals surface area contributed by atoms with Crippen LogP contribution >= 0.6 is 0 Å². The molecule has 2 aromatic rings. The van der Waals surface area contributed by atoms with Crippen molar-refractivity contribution in [1.29, 1.82) is 0 Å². The third kappa shape index (κ3) is 8.69. The number of nitrogens with zero attached hydrogens (tertiary/aromatic N) is 2. The molecule has 4 aliphatic rings. The number of esters is 2. The predicted octanol–water partition coefficient (Wildman–Crippen LogP) is 7.98. The molecule has 0 spiro atoms. The SMILES string of the molecule is CCCCC1CCC(C(=O)Oc2ccc(/C=C/C(=O)OCCc3ccc(N4C(=O)C5CC6CC(=O)N(C(C)(C)C)C(=O)C6C5C4=O)cc3C(C)(C)C)cc2)CC1. The number of imide groups is 2. The van der Waals surface area contributed by atoms with Crippen LogP contribution in [0.4, 0.5) is 5.69 Å². The van der Waals surface area contributed by atoms with Crippen molar-refractivity contribution < 1.29 is 38.2 Å². The van der Waals surface area contributed by atoms with Crippen LogP contribution in [0.1, 0.15) is 123 Å². The lowest BCUT2D eigenvalue weighted by Gasteiger charge is -2.41. The summed E-state index contributed by atoms with van der Waals surface area (Å²) < 4.78 is 11.2. The molecule has 2 heterocycles. The molecule has 2 saturated heterocycles. The van der Waals surface area contributed by atoms with Crippen LogP contribution in [0.3, 0.4) is 0 Å². The van der Waals surface area contributed by atoms with Gasteiger partial charge in [0.05, 0.1) is 36.0 Å². The highest BCUT2D eigenvalue weighted by Gasteiger charge is 2.63. The standard InChI is InChI=1S/C46H58N2O8/c1-8-9-10-28-11-16-31(17-12-28)44(54)56-34-20-13-29(14-21-34)15-22-38(50)55-24-23-30-18-19-33(27-36(30)45(2,3)4)47-41(51)35-25-32-26-37(49)48(46(5,6)7)43(53)39(32)40(35)42(47)52/h13-15,18-22,27-28,31-32,35,39-40H,8-12,16-17,23-26H2,1-7H3/b22-15+. The number of unbranched alkanes of at least 4 members (excludes halogenated alkanes) is 1. The number of hydrogen-bond donors (Lipinski definition) is 0. The second-order valence-corrected chi connectivity index (χ2v) is 18.3. The molecule has 6 rings (SSSR count). The molecule has 4 fully saturated rings. The van der Waals surface area contributed by atoms with Gasteiger partial charge in [0.1, 0.15) is 5.75 Å². The van der Waals surface area contributed by atoms with Crippen LogP contribution in [0.2, 0.25) is 0 Å². The number of piperidine rings is 1. The van der Waals surface area contributed by atoms with E-state index in [4.69, 9.17) is 9.47 Å². The van der Waals surface area contributed by atoms with Gasteiger partial charge in [-0.15, -0.1) is 0 Å². The van der Waals surface area contributed by atoms with E-state index < -0.39 is 29.3 Å². The van der Waals surface area contributed by atoms with Gasteiger partial charge < -0.3 is 9.47 Å². The zero-order valence-electron chi connectivity index (χ0n) is 34.1. The van der Waals surface area contributed by atoms with Crippen molar-refractivity contribution in [2.45, 2.75) is 124 Å². The molecule has 10 nitrogen and oxygen atoms in total. The number of carbonyl (C=O) groups excluding carboxylic acids is 6. The van der Waals surface area contributed by atoms with Crippen LogP contribution in [-0.2, 0) is 45.3 Å². The van der Waals surface area contributed by atoms with Gasteiger partial charge in [-0.25, -0.2) is 4.79 Å². The van der Waals surface area contributed by atoms with Gasteiger partial charge in [0.2, 0.25) is 23.6 Å². The van der Waals surface area contributed by atoms with Gasteiger partial charge in [-0.1, -0.05) is 65.2 Å². The summed E-state index contributed by atoms with van der Waals surface area (Å²) in [6.07, 6.45) is 11.6. The van der Waals surface area contributed by atoms with Gasteiger partial charge in [-0.2, -0.15) is 0 Å². The van der Waals surface area contributed by atoms with E-state index in [0.717, 1.165) is 48.3 Å². The lowest BCUT2D eigenvalue weighted by atomic mass is 9.80. The fourth-order valence-electron chi connectivity index (χ4n) is 9.40. The minimum Gasteiger partial charge on any atom is -0.462 e. The largest absolute Gasteiger partial charge is 0.462 e. The smallest absolute Gasteiger partial charge is 0.330 e. The Kier molecular flexibility index (Phi) is 12.1. The quantitative estimate of drug-likeness (QED) is 0.0976. The summed E-state index contributed by atoms with van der Waals surface area (Å²) >= 11 is 0. The number of amides is 4. The second kappa shape index (κ2) is 16.5. The van der Waals surface area contributed by atoms with Crippen LogP contribution in [0, 0.1) is 35.5 Å². The monoisotopic (exact) mass is 766 g/mol. The van der Waals surface area contributed by atoms with Crippen LogP contribution in [0.15, 0.2) is 48.5 Å². The van der Waals surface area contributed by atoms with E-state index in [0.29, 0.717) is 24.3 Å². The van der Waals surface area contributed by atoms with E-state index in [-0.39, 0.29) is 59.9 Å². The molecule has 4 atom stereocenters. The number of hydrogen-bond acceptors (Lipinski definition) is 8. The normalized spacial score (nSPS) is 25.5. The molecule has 56 heavy (non-hydrogen) atoms. The lowest BCUT2D eigenvalue weighted by molar-refractivity contribution is -0.162. The Labute approximate surface area is 331 Å². The Hall–Kier alpha value is -4.60. The summed E-state index contributed by atoms with van der Waals surface area (Å²) in [5, 5.41) is 0. The molecule has 10 heteroatoms. The Bertz CT molecular complexity index is 1880. The zero-order valence-corrected chi connectivity index (χ0v) is 34.1. The fourth-order valence-corrected chi connectivity index (χ4v) is 9.40. The molecule has 4 unspecified atom stereocenters. The lowest BCUT2D eigenvalue weighted by Crippen LogP contribution is -2.57. The predicted molar refractivity (Wildman–Crippen MR) is 213 cm³/mol. The molecule has 0 aromatic heterocycles. The first-order valence-corrected chi connectivity index (χ1v) is 20.5. The van der Waals surface area contributed by atoms with Gasteiger partial charge in [0, 0.05) is 24.5 Å². The highest BCUT2D eigenvalue weighted by molar-refractivity contribution is 6.23. The first-order valence-electron chi connectivity index (χ1n) is 20.5. The van der Waals surface area contributed by atoms with E-state index in [9.17, 15) is 28.8 Å². The number of likely N-dealkylation sites (tertiary alicyclic amines) is 1. The van der Waals surface area contributed by atoms with Crippen LogP contribution in [0.5, 0.6) is 5.75 Å². The number of anilines is 1. The van der Waals surface area contributed by atoms with E-state index in [2.05, 4.69) is 6.92 Å². The molecule has 0 radical (unpaired) electrons. The van der Waals surface area contributed by atoms with Gasteiger partial charge >= 0.3 is 11.9 Å². The first kappa shape index (κ1) is 41.0. The molecule has 2 aromatic carbocycles. The van der Waals surface area contributed by atoms with Crippen molar-refractivity contribution in [1.82, 2.24) is 4.90 Å². The molecule has 2 saturated carbocycles. The Morgan fingerprint density at radius 1 is 0.857 bits per heavy atom. The maximum absolute atomic E-state index is 14.0. The molecule has 300 valence electrons. The molecule has 4 amide bonds. The molecule has 2 aliphatic carbocycles. The number of fused-ring (bicyclic) bond motifs is 3. The Balaban J connectivity index is 1.03. The molecule has 0 bridgehead atoms. The highest BCUT2D eigenvalue weighted by atomic mass is 16.5. The van der Waals surface area contributed by atoms with Crippen LogP contribution in [-0.4, -0.2) is 52.6 Å². The third-order valence-corrected chi connectivity index (χ3v) is 12.2. The second-order valence-electron chi connectivity index (χ2n) is 18.3. The maximum atomic E-state index is 14.0. The van der Waals surface area contributed by atoms with Crippen molar-refractivity contribution in [3.63, 3.8) is 0 Å². The minimum atomic E-state index is -0.784. The molecular formula is C46H58N2O8. The van der Waals surface area contributed by atoms with Crippen molar-refractivity contribution in [2.24, 2.45) is 35.5 Å². The van der Waals surface area contributed by atoms with Crippen molar-refractivity contribution in [3.05, 3.63) is 65.2 Å². The van der Waals surface area contributed by atoms with Gasteiger partial charge in [0.25, 0.3) is 0 Å². The molecular weight excluding hydrogens is 709 g/mol. The summed E-state index contributed by atoms with van der Waals surface area (Å²) in [5.74, 6) is -3.23. The molecule has 0 N–H and O–H groups in total. The number of ether oxygens (including phenoxy) is 2. The third-order valence-electron chi connectivity index (χ3n) is 12.2. The fraction of sp³-hybridized carbons (Fsp3) is 0.565. The van der Waals surface area contributed by atoms with E-state index in [1.807, 2.05) is 32.9 Å². The van der Waals surface area contributed by atoms with E-state index in [1.54, 1.807) is 57.2 Å². The van der Waals surface area contributed by atoms with E-state index >= 15 is 0 Å². The topological polar surface area (TPSA) is 127 Å². The Morgan fingerprint density at radius 3 is 2.20 bits per heavy atom. The average Bonchev–Trinajstić information content (AvgIpc) is 3.63. The van der Waals surface area contributed by atoms with Crippen molar-refractivity contribution >= 4 is 47.3 Å². The number of benzene rings is 2. The van der Waals surface area contributed by atoms with Crippen LogP contribution in [0.25, 0.3) is 6.08 Å². The van der Waals surface area contributed by atoms with Crippen molar-refractivity contribution in [3.8, 4) is 5.75 Å². The van der Waals surface area contributed by atoms with Crippen LogP contribution < -0.4 is 9.64 Å². The van der Waals surface area contributed by atoms with E-state index in [1.165, 1.54) is 35.1 Å². The summed E-state index contributed by atoms with van der Waals surface area (Å²) in [7, 11) is 0. The minimum absolute atomic E-state index is 0.0501. The van der Waals surface area contributed by atoms with Gasteiger partial charge in [0.15, 0.2) is 0 Å². The summed E-state index contributed by atoms with van der Waals surface area (Å²) in [6.45, 7) is 13.9. The van der Waals surface area contributed by atoms with Gasteiger partial charge in [-0.3, -0.25) is 33.8 Å². The zero-order chi connectivity index (χ0) is 40.5. The summed E-state index contributed by atoms with van der Waals surface area (Å²) in [6, 6.07) is 12.5. The number of carbonyl (C=O) groups is 6. The average molecular weight is 767 g/mol. The summed E-state index contributed by atoms with van der Waals surface area (Å²) in [4.78, 5) is 82.4. The maximum Gasteiger partial charge on any atom is 0.330 e. The summed E-state index contributed by atoms with van der Waals surface area (Å²) in [5.41, 5.74) is 1.98. The molecule has 2 aliphatic heterocycles. The number of rotatable bonds is 11. The highest BCUT2D eigenvalue weighted by Crippen LogP contribution is 2.53. The first-order chi connectivity index (χ1) is 26.5. The van der Waals surface area contributed by atoms with Gasteiger partial charge in [-0.05, 0) is 117 Å².